The molecule has 0 saturated carbocycles. The van der Waals surface area contributed by atoms with Crippen molar-refractivity contribution >= 4 is 11.3 Å². The van der Waals surface area contributed by atoms with Crippen LogP contribution >= 0.6 is 11.3 Å². The van der Waals surface area contributed by atoms with Crippen LogP contribution in [0, 0.1) is 0 Å². The fourth-order valence-electron chi connectivity index (χ4n) is 3.31. The summed E-state index contributed by atoms with van der Waals surface area (Å²) in [4.78, 5) is 4.43. The molecule has 2 aromatic rings. The van der Waals surface area contributed by atoms with Crippen LogP contribution in [0.4, 0.5) is 0 Å². The second-order valence-corrected chi connectivity index (χ2v) is 7.67. The average molecular weight is 300 g/mol. The predicted molar refractivity (Wildman–Crippen MR) is 90.0 cm³/mol. The van der Waals surface area contributed by atoms with Gasteiger partial charge >= 0.3 is 0 Å². The van der Waals surface area contributed by atoms with Gasteiger partial charge in [0.25, 0.3) is 0 Å². The van der Waals surface area contributed by atoms with Crippen molar-refractivity contribution in [3.8, 4) is 0 Å². The van der Waals surface area contributed by atoms with Crippen LogP contribution in [0.2, 0.25) is 0 Å². The molecule has 0 fully saturated rings. The van der Waals surface area contributed by atoms with E-state index in [2.05, 4.69) is 60.7 Å². The number of benzene rings is 1. The van der Waals surface area contributed by atoms with E-state index in [0.29, 0.717) is 17.4 Å². The number of hydrogen-bond donors (Lipinski definition) is 1. The maximum atomic E-state index is 4.43. The summed E-state index contributed by atoms with van der Waals surface area (Å²) in [6, 6.07) is 9.41. The minimum Gasteiger partial charge on any atom is -0.309 e. The normalized spacial score (nSPS) is 21.8. The second-order valence-electron chi connectivity index (χ2n) is 6.74. The Bertz CT molecular complexity index is 589. The fraction of sp³-hybridized carbons (Fsp3) is 0.500. The van der Waals surface area contributed by atoms with Gasteiger partial charge in [0.15, 0.2) is 0 Å². The minimum atomic E-state index is 0.301. The van der Waals surface area contributed by atoms with Gasteiger partial charge in [-0.3, -0.25) is 0 Å². The van der Waals surface area contributed by atoms with Crippen molar-refractivity contribution in [1.29, 1.82) is 0 Å². The molecule has 0 aliphatic heterocycles. The van der Waals surface area contributed by atoms with Crippen LogP contribution in [0.5, 0.6) is 0 Å². The molecule has 0 spiro atoms. The molecule has 2 unspecified atom stereocenters. The van der Waals surface area contributed by atoms with Crippen LogP contribution in [0.25, 0.3) is 0 Å². The lowest BCUT2D eigenvalue weighted by atomic mass is 9.71. The number of nitrogens with zero attached hydrogens (tertiary/aromatic N) is 1. The van der Waals surface area contributed by atoms with Crippen molar-refractivity contribution in [2.75, 3.05) is 6.54 Å². The van der Waals surface area contributed by atoms with Crippen LogP contribution in [0.1, 0.15) is 61.7 Å². The molecule has 2 atom stereocenters. The molecule has 1 aliphatic rings. The Morgan fingerprint density at radius 1 is 1.38 bits per heavy atom. The van der Waals surface area contributed by atoms with E-state index in [9.17, 15) is 0 Å². The number of rotatable bonds is 4. The highest BCUT2D eigenvalue weighted by Gasteiger charge is 2.32. The molecule has 1 aromatic heterocycles. The molecule has 3 rings (SSSR count). The van der Waals surface area contributed by atoms with Gasteiger partial charge in [-0.05, 0) is 29.4 Å². The first-order chi connectivity index (χ1) is 10.1. The van der Waals surface area contributed by atoms with Crippen LogP contribution in [0.15, 0.2) is 35.8 Å². The van der Waals surface area contributed by atoms with Gasteiger partial charge in [-0.15, -0.1) is 11.3 Å². The fourth-order valence-corrected chi connectivity index (χ4v) is 4.01. The maximum Gasteiger partial charge on any atom is 0.0965 e. The number of thiazole rings is 1. The van der Waals surface area contributed by atoms with Gasteiger partial charge in [0.2, 0.25) is 0 Å². The van der Waals surface area contributed by atoms with Gasteiger partial charge in [0.1, 0.15) is 0 Å². The van der Waals surface area contributed by atoms with Gasteiger partial charge in [-0.2, -0.15) is 0 Å². The molecule has 0 bridgehead atoms. The summed E-state index contributed by atoms with van der Waals surface area (Å²) in [5.41, 5.74) is 3.30. The van der Waals surface area contributed by atoms with E-state index in [0.717, 1.165) is 6.54 Å². The molecule has 1 N–H and O–H groups in total. The lowest BCUT2D eigenvalue weighted by Gasteiger charge is -2.37. The highest BCUT2D eigenvalue weighted by Crippen LogP contribution is 2.41. The molecule has 1 aromatic carbocycles. The summed E-state index contributed by atoms with van der Waals surface area (Å²) in [5, 5.41) is 7.06. The Balaban J connectivity index is 1.72. The zero-order chi connectivity index (χ0) is 14.9. The van der Waals surface area contributed by atoms with E-state index in [1.165, 1.54) is 29.0 Å². The molecule has 0 amide bonds. The van der Waals surface area contributed by atoms with Crippen molar-refractivity contribution in [2.45, 2.75) is 51.0 Å². The molecule has 1 heterocycles. The maximum absolute atomic E-state index is 4.43. The van der Waals surface area contributed by atoms with Crippen molar-refractivity contribution in [2.24, 2.45) is 0 Å². The Hall–Kier alpha value is -1.19. The monoisotopic (exact) mass is 300 g/mol. The summed E-state index contributed by atoms with van der Waals surface area (Å²) in [7, 11) is 0. The third-order valence-corrected chi connectivity index (χ3v) is 5.67. The molecule has 3 heteroatoms. The Kier molecular flexibility index (Phi) is 4.14. The largest absolute Gasteiger partial charge is 0.309 e. The topological polar surface area (TPSA) is 24.9 Å². The Morgan fingerprint density at radius 2 is 2.19 bits per heavy atom. The van der Waals surface area contributed by atoms with Gasteiger partial charge < -0.3 is 5.32 Å². The summed E-state index contributed by atoms with van der Waals surface area (Å²) < 4.78 is 0. The van der Waals surface area contributed by atoms with Crippen LogP contribution < -0.4 is 5.32 Å². The van der Waals surface area contributed by atoms with Crippen molar-refractivity contribution in [3.05, 3.63) is 52.0 Å². The average Bonchev–Trinajstić information content (AvgIpc) is 3.01. The van der Waals surface area contributed by atoms with Gasteiger partial charge in [-0.1, -0.05) is 45.0 Å². The number of fused-ring (bicyclic) bond motifs is 1. The van der Waals surface area contributed by atoms with Crippen LogP contribution in [-0.4, -0.2) is 11.5 Å². The number of aromatic nitrogens is 1. The summed E-state index contributed by atoms with van der Waals surface area (Å²) in [6.07, 6.45) is 4.36. The van der Waals surface area contributed by atoms with Crippen molar-refractivity contribution in [1.82, 2.24) is 10.3 Å². The SMILES string of the molecule is CC(CNC1CCC(C)(C)c2ccccc21)c1nccs1. The van der Waals surface area contributed by atoms with E-state index in [1.54, 1.807) is 11.3 Å². The van der Waals surface area contributed by atoms with E-state index in [4.69, 9.17) is 0 Å². The first-order valence-electron chi connectivity index (χ1n) is 7.80. The predicted octanol–water partition coefficient (Wildman–Crippen LogP) is 4.65. The van der Waals surface area contributed by atoms with E-state index >= 15 is 0 Å². The van der Waals surface area contributed by atoms with Crippen molar-refractivity contribution in [3.63, 3.8) is 0 Å². The molecular formula is C18H24N2S. The second kappa shape index (κ2) is 5.90. The van der Waals surface area contributed by atoms with E-state index < -0.39 is 0 Å². The van der Waals surface area contributed by atoms with Gasteiger partial charge in [0, 0.05) is 30.1 Å². The quantitative estimate of drug-likeness (QED) is 0.889. The molecule has 0 radical (unpaired) electrons. The van der Waals surface area contributed by atoms with Crippen LogP contribution in [0.3, 0.4) is 0 Å². The molecular weight excluding hydrogens is 276 g/mol. The third-order valence-electron chi connectivity index (χ3n) is 4.67. The number of hydrogen-bond acceptors (Lipinski definition) is 3. The first kappa shape index (κ1) is 14.7. The van der Waals surface area contributed by atoms with Gasteiger partial charge in [0.05, 0.1) is 5.01 Å². The van der Waals surface area contributed by atoms with E-state index in [-0.39, 0.29) is 0 Å². The number of nitrogens with one attached hydrogen (secondary N) is 1. The first-order valence-corrected chi connectivity index (χ1v) is 8.68. The van der Waals surface area contributed by atoms with E-state index in [1.807, 2.05) is 6.20 Å². The third kappa shape index (κ3) is 3.04. The van der Waals surface area contributed by atoms with Crippen molar-refractivity contribution < 1.29 is 0 Å². The molecule has 21 heavy (non-hydrogen) atoms. The van der Waals surface area contributed by atoms with Gasteiger partial charge in [-0.25, -0.2) is 4.98 Å². The summed E-state index contributed by atoms with van der Waals surface area (Å²) in [5.74, 6) is 0.479. The molecule has 0 saturated heterocycles. The lowest BCUT2D eigenvalue weighted by molar-refractivity contribution is 0.354. The van der Waals surface area contributed by atoms with Crippen LogP contribution in [-0.2, 0) is 5.41 Å². The highest BCUT2D eigenvalue weighted by molar-refractivity contribution is 7.09. The molecule has 112 valence electrons. The zero-order valence-corrected chi connectivity index (χ0v) is 13.9. The molecule has 1 aliphatic carbocycles. The smallest absolute Gasteiger partial charge is 0.0965 e. The summed E-state index contributed by atoms with van der Waals surface area (Å²) >= 11 is 1.75. The Morgan fingerprint density at radius 3 is 2.95 bits per heavy atom. The standard InChI is InChI=1S/C18H24N2S/c1-13(17-19-10-11-21-17)12-20-16-8-9-18(2,3)15-7-5-4-6-14(15)16/h4-7,10-11,13,16,20H,8-9,12H2,1-3H3. The lowest BCUT2D eigenvalue weighted by Crippen LogP contribution is -2.34. The Labute approximate surface area is 131 Å². The molecule has 2 nitrogen and oxygen atoms in total. The highest BCUT2D eigenvalue weighted by atomic mass is 32.1. The minimum absolute atomic E-state index is 0.301. The zero-order valence-electron chi connectivity index (χ0n) is 13.1. The summed E-state index contributed by atoms with van der Waals surface area (Å²) in [6.45, 7) is 7.97.